The number of aryl methyl sites for hydroxylation is 3. The minimum Gasteiger partial charge on any atom is -0.347 e. The van der Waals surface area contributed by atoms with Gasteiger partial charge < -0.3 is 9.88 Å². The Balaban J connectivity index is 2.05. The van der Waals surface area contributed by atoms with Crippen LogP contribution >= 0.6 is 15.9 Å². The molecular formula is C15H19BrN2. The molecule has 1 aromatic carbocycles. The molecule has 96 valence electrons. The third-order valence-corrected chi connectivity index (χ3v) is 4.27. The number of benzene rings is 1. The molecule has 0 saturated carbocycles. The Morgan fingerprint density at radius 3 is 3.11 bits per heavy atom. The van der Waals surface area contributed by atoms with Gasteiger partial charge in [0.05, 0.1) is 5.52 Å². The van der Waals surface area contributed by atoms with E-state index in [0.29, 0.717) is 0 Å². The van der Waals surface area contributed by atoms with Crippen molar-refractivity contribution in [1.82, 2.24) is 9.88 Å². The summed E-state index contributed by atoms with van der Waals surface area (Å²) < 4.78 is 3.68. The first-order chi connectivity index (χ1) is 8.79. The van der Waals surface area contributed by atoms with E-state index in [-0.39, 0.29) is 0 Å². The maximum atomic E-state index is 3.65. The summed E-state index contributed by atoms with van der Waals surface area (Å²) in [5.74, 6) is 0. The summed E-state index contributed by atoms with van der Waals surface area (Å²) in [6, 6.07) is 4.57. The first-order valence-electron chi connectivity index (χ1n) is 6.74. The van der Waals surface area contributed by atoms with Crippen LogP contribution in [0, 0.1) is 0 Å². The number of hydrogen-bond donors (Lipinski definition) is 1. The van der Waals surface area contributed by atoms with Gasteiger partial charge in [-0.3, -0.25) is 0 Å². The van der Waals surface area contributed by atoms with Crippen molar-refractivity contribution in [2.24, 2.45) is 0 Å². The van der Waals surface area contributed by atoms with Crippen LogP contribution in [-0.2, 0) is 19.4 Å². The Bertz CT molecular complexity index is 571. The van der Waals surface area contributed by atoms with Crippen LogP contribution in [0.2, 0.25) is 0 Å². The predicted molar refractivity (Wildman–Crippen MR) is 80.2 cm³/mol. The van der Waals surface area contributed by atoms with Crippen LogP contribution in [0.1, 0.15) is 24.0 Å². The number of hydrogen-bond acceptors (Lipinski definition) is 1. The fourth-order valence-corrected chi connectivity index (χ4v) is 3.53. The molecule has 0 unspecified atom stereocenters. The van der Waals surface area contributed by atoms with Gasteiger partial charge in [-0.2, -0.15) is 0 Å². The van der Waals surface area contributed by atoms with Crippen LogP contribution in [0.5, 0.6) is 0 Å². The van der Waals surface area contributed by atoms with Gasteiger partial charge in [-0.25, -0.2) is 0 Å². The highest BCUT2D eigenvalue weighted by Gasteiger charge is 2.16. The molecule has 1 aliphatic heterocycles. The second kappa shape index (κ2) is 5.06. The van der Waals surface area contributed by atoms with E-state index in [4.69, 9.17) is 0 Å². The molecule has 1 aliphatic rings. The lowest BCUT2D eigenvalue weighted by Gasteiger charge is -2.15. The van der Waals surface area contributed by atoms with E-state index in [9.17, 15) is 0 Å². The fourth-order valence-electron chi connectivity index (χ4n) is 3.02. The van der Waals surface area contributed by atoms with Gasteiger partial charge in [-0.15, -0.1) is 0 Å². The van der Waals surface area contributed by atoms with E-state index >= 15 is 0 Å². The summed E-state index contributed by atoms with van der Waals surface area (Å²) in [5.41, 5.74) is 4.49. The molecule has 0 radical (unpaired) electrons. The molecule has 0 spiro atoms. The van der Waals surface area contributed by atoms with Crippen molar-refractivity contribution in [3.8, 4) is 0 Å². The van der Waals surface area contributed by atoms with Gasteiger partial charge in [0, 0.05) is 22.6 Å². The van der Waals surface area contributed by atoms with E-state index in [1.165, 1.54) is 58.7 Å². The van der Waals surface area contributed by atoms with Crippen LogP contribution in [0.4, 0.5) is 0 Å². The quantitative estimate of drug-likeness (QED) is 0.856. The molecule has 1 aromatic heterocycles. The maximum absolute atomic E-state index is 3.65. The average molecular weight is 307 g/mol. The number of nitrogens with one attached hydrogen (secondary N) is 1. The van der Waals surface area contributed by atoms with Gasteiger partial charge in [-0.05, 0) is 62.5 Å². The monoisotopic (exact) mass is 306 g/mol. The minimum absolute atomic E-state index is 1.09. The highest BCUT2D eigenvalue weighted by Crippen LogP contribution is 2.33. The molecule has 2 aromatic rings. The molecule has 0 atom stereocenters. The minimum atomic E-state index is 1.09. The van der Waals surface area contributed by atoms with E-state index in [1.807, 2.05) is 7.05 Å². The predicted octanol–water partition coefficient (Wildman–Crippen LogP) is 3.50. The molecule has 0 amide bonds. The van der Waals surface area contributed by atoms with Crippen LogP contribution in [-0.4, -0.2) is 18.2 Å². The zero-order valence-electron chi connectivity index (χ0n) is 10.8. The molecule has 1 N–H and O–H groups in total. The van der Waals surface area contributed by atoms with Crippen molar-refractivity contribution in [3.05, 3.63) is 33.9 Å². The van der Waals surface area contributed by atoms with Gasteiger partial charge in [0.15, 0.2) is 0 Å². The second-order valence-corrected chi connectivity index (χ2v) is 6.04. The van der Waals surface area contributed by atoms with Crippen molar-refractivity contribution in [3.63, 3.8) is 0 Å². The topological polar surface area (TPSA) is 17.0 Å². The molecule has 2 heterocycles. The average Bonchev–Trinajstić information content (AvgIpc) is 2.70. The Morgan fingerprint density at radius 2 is 2.28 bits per heavy atom. The first kappa shape index (κ1) is 12.2. The molecule has 0 aliphatic carbocycles. The molecule has 3 heteroatoms. The lowest BCUT2D eigenvalue weighted by atomic mass is 10.0. The number of nitrogens with zero attached hydrogens (tertiary/aromatic N) is 1. The Morgan fingerprint density at radius 1 is 1.39 bits per heavy atom. The standard InChI is InChI=1S/C15H19BrN2/c1-17-6-2-4-12-10-18-7-3-5-11-8-13(16)9-14(12)15(11)18/h8-10,17H,2-7H2,1H3. The Kier molecular flexibility index (Phi) is 3.44. The summed E-state index contributed by atoms with van der Waals surface area (Å²) in [4.78, 5) is 0. The Labute approximate surface area is 116 Å². The SMILES string of the molecule is CNCCCc1cn2c3c(cc(Br)cc13)CCC2. The van der Waals surface area contributed by atoms with Crippen molar-refractivity contribution in [2.75, 3.05) is 13.6 Å². The van der Waals surface area contributed by atoms with Crippen molar-refractivity contribution in [1.29, 1.82) is 0 Å². The summed E-state index contributed by atoms with van der Waals surface area (Å²) in [7, 11) is 2.02. The van der Waals surface area contributed by atoms with E-state index in [1.54, 1.807) is 0 Å². The van der Waals surface area contributed by atoms with E-state index in [0.717, 1.165) is 6.54 Å². The molecule has 3 rings (SSSR count). The Hall–Kier alpha value is -0.800. The lowest BCUT2D eigenvalue weighted by Crippen LogP contribution is -2.08. The fraction of sp³-hybridized carbons (Fsp3) is 0.467. The summed E-state index contributed by atoms with van der Waals surface area (Å²) >= 11 is 3.65. The molecule has 0 bridgehead atoms. The number of halogens is 1. The van der Waals surface area contributed by atoms with Gasteiger partial charge in [-0.1, -0.05) is 15.9 Å². The highest BCUT2D eigenvalue weighted by molar-refractivity contribution is 9.10. The van der Waals surface area contributed by atoms with Gasteiger partial charge in [0.25, 0.3) is 0 Å². The lowest BCUT2D eigenvalue weighted by molar-refractivity contribution is 0.633. The number of rotatable bonds is 4. The third-order valence-electron chi connectivity index (χ3n) is 3.82. The molecule has 18 heavy (non-hydrogen) atoms. The molecule has 0 saturated heterocycles. The van der Waals surface area contributed by atoms with Crippen molar-refractivity contribution in [2.45, 2.75) is 32.2 Å². The van der Waals surface area contributed by atoms with Gasteiger partial charge in [0.2, 0.25) is 0 Å². The van der Waals surface area contributed by atoms with Gasteiger partial charge >= 0.3 is 0 Å². The van der Waals surface area contributed by atoms with Crippen molar-refractivity contribution >= 4 is 26.8 Å². The van der Waals surface area contributed by atoms with E-state index < -0.39 is 0 Å². The first-order valence-corrected chi connectivity index (χ1v) is 7.53. The zero-order chi connectivity index (χ0) is 12.5. The van der Waals surface area contributed by atoms with Crippen LogP contribution in [0.25, 0.3) is 10.9 Å². The highest BCUT2D eigenvalue weighted by atomic mass is 79.9. The van der Waals surface area contributed by atoms with E-state index in [2.05, 4.69) is 44.1 Å². The normalized spacial score (nSPS) is 14.3. The maximum Gasteiger partial charge on any atom is 0.0516 e. The number of aromatic nitrogens is 1. The molecular weight excluding hydrogens is 288 g/mol. The zero-order valence-corrected chi connectivity index (χ0v) is 12.4. The summed E-state index contributed by atoms with van der Waals surface area (Å²) in [6.07, 6.45) is 7.23. The largest absolute Gasteiger partial charge is 0.347 e. The second-order valence-electron chi connectivity index (χ2n) is 5.12. The molecule has 2 nitrogen and oxygen atoms in total. The van der Waals surface area contributed by atoms with Crippen LogP contribution < -0.4 is 5.32 Å². The van der Waals surface area contributed by atoms with Crippen LogP contribution in [0.15, 0.2) is 22.8 Å². The third kappa shape index (κ3) is 2.10. The molecule has 0 fully saturated rings. The van der Waals surface area contributed by atoms with Gasteiger partial charge in [0.1, 0.15) is 0 Å². The summed E-state index contributed by atoms with van der Waals surface area (Å²) in [6.45, 7) is 2.27. The summed E-state index contributed by atoms with van der Waals surface area (Å²) in [5, 5.41) is 4.68. The van der Waals surface area contributed by atoms with Crippen molar-refractivity contribution < 1.29 is 0 Å². The smallest absolute Gasteiger partial charge is 0.0516 e. The van der Waals surface area contributed by atoms with Crippen LogP contribution in [0.3, 0.4) is 0 Å².